The minimum absolute atomic E-state index is 0.460. The molecule has 0 aliphatic heterocycles. The van der Waals surface area contributed by atoms with Crippen LogP contribution in [0.4, 0.5) is 13.2 Å². The van der Waals surface area contributed by atoms with E-state index in [1.165, 1.54) is 17.4 Å². The van der Waals surface area contributed by atoms with E-state index >= 15 is 0 Å². The number of thiazole rings is 1. The smallest absolute Gasteiger partial charge is 0.265 e. The van der Waals surface area contributed by atoms with Crippen LogP contribution < -0.4 is 0 Å². The Hall–Kier alpha value is -2.21. The Bertz CT molecular complexity index is 751. The molecule has 6 heteroatoms. The maximum absolute atomic E-state index is 12.7. The first-order valence-electron chi connectivity index (χ1n) is 6.07. The summed E-state index contributed by atoms with van der Waals surface area (Å²) in [6.07, 6.45) is -1.04. The highest BCUT2D eigenvalue weighted by atomic mass is 32.1. The average Bonchev–Trinajstić information content (AvgIpc) is 2.97. The van der Waals surface area contributed by atoms with Crippen LogP contribution in [0.2, 0.25) is 0 Å². The molecule has 106 valence electrons. The summed E-state index contributed by atoms with van der Waals surface area (Å²) in [6, 6.07) is 8.82. The highest BCUT2D eigenvalue weighted by molar-refractivity contribution is 7.13. The predicted molar refractivity (Wildman–Crippen MR) is 75.8 cm³/mol. The van der Waals surface area contributed by atoms with Crippen LogP contribution in [0.25, 0.3) is 21.8 Å². The van der Waals surface area contributed by atoms with E-state index in [0.717, 1.165) is 22.7 Å². The first-order chi connectivity index (χ1) is 10.0. The van der Waals surface area contributed by atoms with E-state index in [1.807, 2.05) is 12.1 Å². The second kappa shape index (κ2) is 5.29. The van der Waals surface area contributed by atoms with Gasteiger partial charge in [0.2, 0.25) is 0 Å². The third-order valence-corrected chi connectivity index (χ3v) is 3.81. The number of hydrogen-bond acceptors (Lipinski definition) is 3. The second-order valence-electron chi connectivity index (χ2n) is 4.35. The van der Waals surface area contributed by atoms with E-state index in [-0.39, 0.29) is 0 Å². The number of pyridine rings is 1. The Morgan fingerprint density at radius 2 is 1.71 bits per heavy atom. The van der Waals surface area contributed by atoms with Crippen LogP contribution in [0, 0.1) is 0 Å². The van der Waals surface area contributed by atoms with E-state index in [1.54, 1.807) is 23.8 Å². The van der Waals surface area contributed by atoms with E-state index in [4.69, 9.17) is 0 Å². The van der Waals surface area contributed by atoms with Crippen molar-refractivity contribution in [3.05, 3.63) is 59.7 Å². The van der Waals surface area contributed by atoms with Gasteiger partial charge in [-0.3, -0.25) is 4.98 Å². The van der Waals surface area contributed by atoms with E-state index in [2.05, 4.69) is 9.97 Å². The Balaban J connectivity index is 1.97. The molecule has 0 saturated carbocycles. The molecule has 21 heavy (non-hydrogen) atoms. The molecule has 3 rings (SSSR count). The number of rotatable bonds is 2. The van der Waals surface area contributed by atoms with Gasteiger partial charge >= 0.3 is 6.18 Å². The molecular weight excluding hydrogens is 297 g/mol. The predicted octanol–water partition coefficient (Wildman–Crippen LogP) is 4.89. The van der Waals surface area contributed by atoms with Gasteiger partial charge in [0.1, 0.15) is 5.01 Å². The highest BCUT2D eigenvalue weighted by Gasteiger charge is 2.30. The van der Waals surface area contributed by atoms with Crippen molar-refractivity contribution in [3.8, 4) is 21.8 Å². The summed E-state index contributed by atoms with van der Waals surface area (Å²) >= 11 is 1.39. The van der Waals surface area contributed by atoms with Crippen molar-refractivity contribution in [3.63, 3.8) is 0 Å². The number of aromatic nitrogens is 2. The Morgan fingerprint density at radius 3 is 2.43 bits per heavy atom. The molecule has 1 aromatic carbocycles. The molecule has 0 aliphatic carbocycles. The van der Waals surface area contributed by atoms with Crippen molar-refractivity contribution >= 4 is 11.3 Å². The largest absolute Gasteiger partial charge is 0.416 e. The standard InChI is InChI=1S/C15H9F3N2S/c16-15(17,18)12-3-1-2-11(8-12)13-9-21-14(20-13)10-4-6-19-7-5-10/h1-9H. The lowest BCUT2D eigenvalue weighted by atomic mass is 10.1. The van der Waals surface area contributed by atoms with Crippen LogP contribution >= 0.6 is 11.3 Å². The van der Waals surface area contributed by atoms with Crippen LogP contribution in [0.1, 0.15) is 5.56 Å². The van der Waals surface area contributed by atoms with Crippen molar-refractivity contribution < 1.29 is 13.2 Å². The maximum atomic E-state index is 12.7. The normalized spacial score (nSPS) is 11.6. The summed E-state index contributed by atoms with van der Waals surface area (Å²) in [5, 5.41) is 2.51. The van der Waals surface area contributed by atoms with Gasteiger partial charge in [0, 0.05) is 28.9 Å². The number of benzene rings is 1. The van der Waals surface area contributed by atoms with Crippen molar-refractivity contribution in [2.45, 2.75) is 6.18 Å². The summed E-state index contributed by atoms with van der Waals surface area (Å²) in [4.78, 5) is 8.32. The molecular formula is C15H9F3N2S. The first-order valence-corrected chi connectivity index (χ1v) is 6.95. The van der Waals surface area contributed by atoms with Gasteiger partial charge in [-0.05, 0) is 24.3 Å². The van der Waals surface area contributed by atoms with Gasteiger partial charge < -0.3 is 0 Å². The highest BCUT2D eigenvalue weighted by Crippen LogP contribution is 2.33. The molecule has 2 aromatic heterocycles. The lowest BCUT2D eigenvalue weighted by Gasteiger charge is -2.07. The van der Waals surface area contributed by atoms with Crippen molar-refractivity contribution in [2.75, 3.05) is 0 Å². The van der Waals surface area contributed by atoms with Gasteiger partial charge in [-0.1, -0.05) is 12.1 Å². The quantitative estimate of drug-likeness (QED) is 0.673. The van der Waals surface area contributed by atoms with Crippen LogP contribution in [0.3, 0.4) is 0 Å². The number of nitrogens with zero attached hydrogens (tertiary/aromatic N) is 2. The molecule has 0 saturated heterocycles. The van der Waals surface area contributed by atoms with Gasteiger partial charge in [0.05, 0.1) is 11.3 Å². The zero-order valence-electron chi connectivity index (χ0n) is 10.6. The molecule has 0 aliphatic rings. The summed E-state index contributed by atoms with van der Waals surface area (Å²) < 4.78 is 38.2. The molecule has 2 nitrogen and oxygen atoms in total. The molecule has 0 amide bonds. The molecule has 0 unspecified atom stereocenters. The minimum atomic E-state index is -4.35. The van der Waals surface area contributed by atoms with Gasteiger partial charge in [0.25, 0.3) is 0 Å². The third-order valence-electron chi connectivity index (χ3n) is 2.92. The molecule has 3 aromatic rings. The third kappa shape index (κ3) is 2.95. The molecule has 0 bridgehead atoms. The number of hydrogen-bond donors (Lipinski definition) is 0. The van der Waals surface area contributed by atoms with Gasteiger partial charge in [-0.25, -0.2) is 4.98 Å². The lowest BCUT2D eigenvalue weighted by molar-refractivity contribution is -0.137. The Labute approximate surface area is 122 Å². The van der Waals surface area contributed by atoms with Gasteiger partial charge in [-0.2, -0.15) is 13.2 Å². The van der Waals surface area contributed by atoms with Crippen molar-refractivity contribution in [1.82, 2.24) is 9.97 Å². The number of halogens is 3. The first kappa shape index (κ1) is 13.8. The fourth-order valence-electron chi connectivity index (χ4n) is 1.89. The maximum Gasteiger partial charge on any atom is 0.416 e. The van der Waals surface area contributed by atoms with Crippen LogP contribution in [-0.2, 0) is 6.18 Å². The van der Waals surface area contributed by atoms with Crippen molar-refractivity contribution in [1.29, 1.82) is 0 Å². The molecule has 2 heterocycles. The summed E-state index contributed by atoms with van der Waals surface area (Å²) in [5.74, 6) is 0. The van der Waals surface area contributed by atoms with E-state index < -0.39 is 11.7 Å². The minimum Gasteiger partial charge on any atom is -0.265 e. The lowest BCUT2D eigenvalue weighted by Crippen LogP contribution is -2.04. The monoisotopic (exact) mass is 306 g/mol. The Kier molecular flexibility index (Phi) is 3.47. The zero-order chi connectivity index (χ0) is 14.9. The van der Waals surface area contributed by atoms with E-state index in [9.17, 15) is 13.2 Å². The fraction of sp³-hybridized carbons (Fsp3) is 0.0667. The average molecular weight is 306 g/mol. The number of alkyl halides is 3. The van der Waals surface area contributed by atoms with Crippen LogP contribution in [0.5, 0.6) is 0 Å². The molecule has 0 radical (unpaired) electrons. The topological polar surface area (TPSA) is 25.8 Å². The summed E-state index contributed by atoms with van der Waals surface area (Å²) in [6.45, 7) is 0. The van der Waals surface area contributed by atoms with Crippen LogP contribution in [-0.4, -0.2) is 9.97 Å². The molecule has 0 N–H and O–H groups in total. The summed E-state index contributed by atoms with van der Waals surface area (Å²) in [7, 11) is 0. The summed E-state index contributed by atoms with van der Waals surface area (Å²) in [5.41, 5.74) is 1.23. The van der Waals surface area contributed by atoms with Crippen LogP contribution in [0.15, 0.2) is 54.2 Å². The Morgan fingerprint density at radius 1 is 0.952 bits per heavy atom. The van der Waals surface area contributed by atoms with Gasteiger partial charge in [0.15, 0.2) is 0 Å². The SMILES string of the molecule is FC(F)(F)c1cccc(-c2csc(-c3ccncc3)n2)c1. The van der Waals surface area contributed by atoms with Crippen molar-refractivity contribution in [2.24, 2.45) is 0 Å². The molecule has 0 spiro atoms. The zero-order valence-corrected chi connectivity index (χ0v) is 11.4. The molecule has 0 atom stereocenters. The molecule has 0 fully saturated rings. The van der Waals surface area contributed by atoms with Gasteiger partial charge in [-0.15, -0.1) is 11.3 Å². The van der Waals surface area contributed by atoms with E-state index in [0.29, 0.717) is 11.3 Å². The second-order valence-corrected chi connectivity index (χ2v) is 5.21. The fourth-order valence-corrected chi connectivity index (χ4v) is 2.72.